The number of hydrogen-bond acceptors (Lipinski definition) is 2. The summed E-state index contributed by atoms with van der Waals surface area (Å²) >= 11 is 3.61. The molecule has 204 valence electrons. The van der Waals surface area contributed by atoms with Gasteiger partial charge in [-0.2, -0.15) is 0 Å². The molecule has 0 amide bonds. The molecule has 43 heavy (non-hydrogen) atoms. The summed E-state index contributed by atoms with van der Waals surface area (Å²) in [6.07, 6.45) is 0. The highest BCUT2D eigenvalue weighted by Crippen LogP contribution is 2.41. The lowest BCUT2D eigenvalue weighted by molar-refractivity contribution is 1.01. The molecular formula is C41H28S2. The van der Waals surface area contributed by atoms with Gasteiger partial charge in [-0.1, -0.05) is 133 Å². The Morgan fingerprint density at radius 3 is 1.88 bits per heavy atom. The van der Waals surface area contributed by atoms with Crippen molar-refractivity contribution in [1.82, 2.24) is 0 Å². The maximum absolute atomic E-state index is 8.41. The van der Waals surface area contributed by atoms with E-state index in [1.807, 2.05) is 53.8 Å². The van der Waals surface area contributed by atoms with Gasteiger partial charge >= 0.3 is 0 Å². The molecule has 1 atom stereocenters. The van der Waals surface area contributed by atoms with Gasteiger partial charge in [0.15, 0.2) is 0 Å². The second-order valence-electron chi connectivity index (χ2n) is 10.6. The number of thiophene rings is 2. The lowest BCUT2D eigenvalue weighted by atomic mass is 9.89. The van der Waals surface area contributed by atoms with Gasteiger partial charge < -0.3 is 0 Å². The van der Waals surface area contributed by atoms with Crippen LogP contribution < -0.4 is 0 Å². The normalized spacial score (nSPS) is 13.7. The van der Waals surface area contributed by atoms with E-state index < -0.39 is 0 Å². The van der Waals surface area contributed by atoms with Crippen molar-refractivity contribution in [3.63, 3.8) is 0 Å². The van der Waals surface area contributed by atoms with Crippen molar-refractivity contribution in [2.45, 2.75) is 5.92 Å². The van der Waals surface area contributed by atoms with Gasteiger partial charge in [0.05, 0.1) is 6.85 Å². The van der Waals surface area contributed by atoms with E-state index in [0.717, 1.165) is 11.1 Å². The maximum atomic E-state index is 8.41. The summed E-state index contributed by atoms with van der Waals surface area (Å²) in [5, 5.41) is 2.60. The lowest BCUT2D eigenvalue weighted by Gasteiger charge is -2.17. The smallest absolute Gasteiger partial charge is 0.0629 e. The molecule has 0 spiro atoms. The maximum Gasteiger partial charge on any atom is 0.0629 e. The van der Waals surface area contributed by atoms with E-state index in [0.29, 0.717) is 5.56 Å². The summed E-state index contributed by atoms with van der Waals surface area (Å²) < 4.78 is 43.6. The molecule has 0 radical (unpaired) electrons. The Balaban J connectivity index is 1.11. The summed E-state index contributed by atoms with van der Waals surface area (Å²) in [6.45, 7) is 0. The van der Waals surface area contributed by atoms with Crippen LogP contribution in [-0.4, -0.2) is 0 Å². The molecule has 0 N–H and O–H groups in total. The summed E-state index contributed by atoms with van der Waals surface area (Å²) in [4.78, 5) is 2.39. The van der Waals surface area contributed by atoms with Crippen molar-refractivity contribution >= 4 is 42.8 Å². The molecule has 6 aromatic carbocycles. The van der Waals surface area contributed by atoms with Crippen molar-refractivity contribution in [2.75, 3.05) is 0 Å². The molecule has 0 aliphatic heterocycles. The van der Waals surface area contributed by atoms with E-state index in [-0.39, 0.29) is 41.7 Å². The topological polar surface area (TPSA) is 0 Å². The minimum absolute atomic E-state index is 0.0227. The lowest BCUT2D eigenvalue weighted by Crippen LogP contribution is -2.01. The monoisotopic (exact) mass is 589 g/mol. The number of fused-ring (bicyclic) bond motifs is 3. The zero-order chi connectivity index (χ0) is 32.9. The van der Waals surface area contributed by atoms with Crippen molar-refractivity contribution < 1.29 is 6.85 Å². The zero-order valence-electron chi connectivity index (χ0n) is 28.1. The van der Waals surface area contributed by atoms with Crippen LogP contribution in [0.25, 0.3) is 52.9 Å². The predicted molar refractivity (Wildman–Crippen MR) is 187 cm³/mol. The third-order valence-corrected chi connectivity index (χ3v) is 10.3. The molecule has 8 rings (SSSR count). The summed E-state index contributed by atoms with van der Waals surface area (Å²) in [5.74, 6) is -0.0227. The Labute approximate surface area is 267 Å². The molecule has 2 aromatic heterocycles. The van der Waals surface area contributed by atoms with Gasteiger partial charge in [0.2, 0.25) is 0 Å². The van der Waals surface area contributed by atoms with Gasteiger partial charge in [0.1, 0.15) is 0 Å². The Hall–Kier alpha value is -4.76. The summed E-state index contributed by atoms with van der Waals surface area (Å²) in [7, 11) is 0. The average Bonchev–Trinajstić information content (AvgIpc) is 3.76. The third-order valence-electron chi connectivity index (χ3n) is 7.96. The van der Waals surface area contributed by atoms with Crippen molar-refractivity contribution in [2.24, 2.45) is 0 Å². The van der Waals surface area contributed by atoms with Crippen LogP contribution in [0.1, 0.15) is 28.8 Å². The molecule has 0 fully saturated rings. The fourth-order valence-electron chi connectivity index (χ4n) is 5.80. The van der Waals surface area contributed by atoms with Crippen LogP contribution in [-0.2, 0) is 0 Å². The first-order valence-corrected chi connectivity index (χ1v) is 15.8. The van der Waals surface area contributed by atoms with Crippen LogP contribution in [0.15, 0.2) is 164 Å². The van der Waals surface area contributed by atoms with Crippen LogP contribution in [0.4, 0.5) is 0 Å². The molecule has 2 heteroatoms. The molecular weight excluding hydrogens is 557 g/mol. The Bertz CT molecular complexity index is 2410. The summed E-state index contributed by atoms with van der Waals surface area (Å²) in [6, 6.07) is 45.3. The zero-order valence-corrected chi connectivity index (χ0v) is 24.7. The van der Waals surface area contributed by atoms with E-state index in [2.05, 4.69) is 91.0 Å². The van der Waals surface area contributed by atoms with E-state index in [4.69, 9.17) is 6.85 Å². The third kappa shape index (κ3) is 4.99. The van der Waals surface area contributed by atoms with Gasteiger partial charge in [-0.15, -0.1) is 22.7 Å². The SMILES string of the molecule is [2H]c1c([2H])c([2H])c(-c2ccc(C(c3ccccc3)c3ccc(-c4ccc(-c5ccc6sc7ccccc7c6c5)cc4)s3)cc2)c([2H])c1[2H]. The first-order valence-electron chi connectivity index (χ1n) is 16.7. The molecule has 0 aliphatic carbocycles. The molecule has 1 unspecified atom stereocenters. The highest BCUT2D eigenvalue weighted by molar-refractivity contribution is 7.25. The molecule has 0 saturated heterocycles. The average molecular weight is 590 g/mol. The first-order chi connectivity index (χ1) is 23.4. The van der Waals surface area contributed by atoms with Crippen LogP contribution in [0.5, 0.6) is 0 Å². The molecule has 8 aromatic rings. The standard InChI is InChI=1S/C41H28S2/c1-3-9-28(10-4-1)29-17-21-33(22-18-29)41(32-11-5-2-6-12-32)40-26-25-37(42-40)31-19-15-30(16-20-31)34-23-24-39-36(27-34)35-13-7-8-14-38(35)43-39/h1-27,41H/i1D,3D,4D,9D,10D. The molecule has 0 nitrogen and oxygen atoms in total. The van der Waals surface area contributed by atoms with Gasteiger partial charge in [0.25, 0.3) is 0 Å². The highest BCUT2D eigenvalue weighted by atomic mass is 32.1. The van der Waals surface area contributed by atoms with Gasteiger partial charge in [-0.25, -0.2) is 0 Å². The first kappa shape index (κ1) is 21.0. The van der Waals surface area contributed by atoms with E-state index in [1.165, 1.54) is 46.6 Å². The summed E-state index contributed by atoms with van der Waals surface area (Å²) in [5.41, 5.74) is 6.61. The molecule has 0 bridgehead atoms. The molecule has 0 saturated carbocycles. The van der Waals surface area contributed by atoms with Crippen LogP contribution in [0.3, 0.4) is 0 Å². The minimum atomic E-state index is -0.383. The van der Waals surface area contributed by atoms with E-state index in [9.17, 15) is 0 Å². The molecule has 0 aliphatic rings. The Morgan fingerprint density at radius 2 is 1.07 bits per heavy atom. The fourth-order valence-corrected chi connectivity index (χ4v) is 8.06. The van der Waals surface area contributed by atoms with E-state index in [1.54, 1.807) is 11.3 Å². The second kappa shape index (κ2) is 11.1. The fraction of sp³-hybridized carbons (Fsp3) is 0.0244. The minimum Gasteiger partial charge on any atom is -0.139 e. The molecule has 2 heterocycles. The largest absolute Gasteiger partial charge is 0.139 e. The van der Waals surface area contributed by atoms with Gasteiger partial charge in [-0.3, -0.25) is 0 Å². The second-order valence-corrected chi connectivity index (χ2v) is 12.8. The highest BCUT2D eigenvalue weighted by Gasteiger charge is 2.19. The van der Waals surface area contributed by atoms with Crippen LogP contribution >= 0.6 is 22.7 Å². The van der Waals surface area contributed by atoms with Gasteiger partial charge in [0, 0.05) is 35.8 Å². The Morgan fingerprint density at radius 1 is 0.442 bits per heavy atom. The number of rotatable bonds is 6. The van der Waals surface area contributed by atoms with Crippen molar-refractivity contribution in [3.8, 4) is 32.7 Å². The number of benzene rings is 6. The quantitative estimate of drug-likeness (QED) is 0.181. The van der Waals surface area contributed by atoms with Crippen molar-refractivity contribution in [3.05, 3.63) is 180 Å². The van der Waals surface area contributed by atoms with Crippen LogP contribution in [0, 0.1) is 0 Å². The van der Waals surface area contributed by atoms with Gasteiger partial charge in [-0.05, 0) is 69.3 Å². The van der Waals surface area contributed by atoms with E-state index >= 15 is 0 Å². The Kier molecular flexibility index (Phi) is 5.45. The van der Waals surface area contributed by atoms with Crippen LogP contribution in [0.2, 0.25) is 0 Å². The van der Waals surface area contributed by atoms with Crippen molar-refractivity contribution in [1.29, 1.82) is 0 Å². The number of hydrogen-bond donors (Lipinski definition) is 0. The predicted octanol–water partition coefficient (Wildman–Crippen LogP) is 12.3.